The molecule has 0 aliphatic carbocycles. The van der Waals surface area contributed by atoms with Gasteiger partial charge in [0.1, 0.15) is 5.82 Å². The van der Waals surface area contributed by atoms with Crippen LogP contribution in [-0.2, 0) is 11.2 Å². The van der Waals surface area contributed by atoms with Gasteiger partial charge in [0.15, 0.2) is 5.78 Å². The molecule has 0 aromatic heterocycles. The van der Waals surface area contributed by atoms with Crippen LogP contribution in [0.3, 0.4) is 0 Å². The third-order valence-electron chi connectivity index (χ3n) is 2.73. The Hall–Kier alpha value is -1.26. The van der Waals surface area contributed by atoms with Crippen LogP contribution in [0.15, 0.2) is 24.3 Å². The molecule has 1 rings (SSSR count). The lowest BCUT2D eigenvalue weighted by Gasteiger charge is -2.15. The number of nitrogens with one attached hydrogen (secondary N) is 1. The number of ketones is 1. The summed E-state index contributed by atoms with van der Waals surface area (Å²) in [6.07, 6.45) is 1.40. The van der Waals surface area contributed by atoms with E-state index in [-0.39, 0.29) is 11.6 Å². The summed E-state index contributed by atoms with van der Waals surface area (Å²) in [7, 11) is 3.86. The van der Waals surface area contributed by atoms with Crippen molar-refractivity contribution >= 4 is 5.78 Å². The van der Waals surface area contributed by atoms with Crippen molar-refractivity contribution in [2.45, 2.75) is 12.8 Å². The number of hydrogen-bond donors (Lipinski definition) is 1. The largest absolute Gasteiger partial charge is 0.320 e. The SMILES string of the molecule is CNCCCN(C)CC(=O)Cc1ccc(F)cc1. The Labute approximate surface area is 108 Å². The number of halogens is 1. The van der Waals surface area contributed by atoms with E-state index in [4.69, 9.17) is 0 Å². The van der Waals surface area contributed by atoms with Crippen molar-refractivity contribution in [2.75, 3.05) is 33.7 Å². The highest BCUT2D eigenvalue weighted by Crippen LogP contribution is 2.04. The average molecular weight is 252 g/mol. The molecule has 3 nitrogen and oxygen atoms in total. The Kier molecular flexibility index (Phi) is 6.54. The zero-order valence-corrected chi connectivity index (χ0v) is 11.1. The molecule has 1 N–H and O–H groups in total. The highest BCUT2D eigenvalue weighted by Gasteiger charge is 2.07. The van der Waals surface area contributed by atoms with Gasteiger partial charge in [0.25, 0.3) is 0 Å². The highest BCUT2D eigenvalue weighted by molar-refractivity contribution is 5.82. The molecule has 4 heteroatoms. The maximum absolute atomic E-state index is 12.7. The number of benzene rings is 1. The Bertz CT molecular complexity index is 365. The van der Waals surface area contributed by atoms with Crippen molar-refractivity contribution < 1.29 is 9.18 Å². The summed E-state index contributed by atoms with van der Waals surface area (Å²) in [5.41, 5.74) is 0.866. The van der Waals surface area contributed by atoms with Crippen molar-refractivity contribution in [2.24, 2.45) is 0 Å². The molecule has 0 radical (unpaired) electrons. The van der Waals surface area contributed by atoms with Crippen LogP contribution < -0.4 is 5.32 Å². The van der Waals surface area contributed by atoms with E-state index in [0.717, 1.165) is 25.1 Å². The molecule has 0 spiro atoms. The number of rotatable bonds is 8. The van der Waals surface area contributed by atoms with E-state index in [2.05, 4.69) is 5.32 Å². The predicted molar refractivity (Wildman–Crippen MR) is 71.2 cm³/mol. The Balaban J connectivity index is 2.30. The lowest BCUT2D eigenvalue weighted by atomic mass is 10.1. The lowest BCUT2D eigenvalue weighted by Crippen LogP contribution is -2.29. The van der Waals surface area contributed by atoms with Gasteiger partial charge in [-0.1, -0.05) is 12.1 Å². The van der Waals surface area contributed by atoms with Gasteiger partial charge in [-0.05, 0) is 51.3 Å². The second kappa shape index (κ2) is 7.95. The van der Waals surface area contributed by atoms with Crippen LogP contribution in [0.4, 0.5) is 4.39 Å². The normalized spacial score (nSPS) is 10.9. The van der Waals surface area contributed by atoms with Gasteiger partial charge in [-0.2, -0.15) is 0 Å². The lowest BCUT2D eigenvalue weighted by molar-refractivity contribution is -0.119. The summed E-state index contributed by atoms with van der Waals surface area (Å²) < 4.78 is 12.7. The molecule has 100 valence electrons. The van der Waals surface area contributed by atoms with E-state index >= 15 is 0 Å². The van der Waals surface area contributed by atoms with Crippen LogP contribution in [0.1, 0.15) is 12.0 Å². The van der Waals surface area contributed by atoms with Crippen LogP contribution in [-0.4, -0.2) is 44.4 Å². The predicted octanol–water partition coefficient (Wildman–Crippen LogP) is 1.48. The highest BCUT2D eigenvalue weighted by atomic mass is 19.1. The molecule has 18 heavy (non-hydrogen) atoms. The first-order valence-corrected chi connectivity index (χ1v) is 6.21. The summed E-state index contributed by atoms with van der Waals surface area (Å²) in [6, 6.07) is 6.10. The van der Waals surface area contributed by atoms with Crippen LogP contribution in [0.2, 0.25) is 0 Å². The summed E-state index contributed by atoms with van der Waals surface area (Å²) in [4.78, 5) is 13.8. The molecule has 0 fully saturated rings. The summed E-state index contributed by atoms with van der Waals surface area (Å²) >= 11 is 0. The van der Waals surface area contributed by atoms with Crippen molar-refractivity contribution in [3.63, 3.8) is 0 Å². The maximum atomic E-state index is 12.7. The molecule has 1 aromatic carbocycles. The van der Waals surface area contributed by atoms with Crippen LogP contribution in [0.5, 0.6) is 0 Å². The molecule has 1 aromatic rings. The monoisotopic (exact) mass is 252 g/mol. The minimum absolute atomic E-state index is 0.161. The van der Waals surface area contributed by atoms with Crippen molar-refractivity contribution in [3.8, 4) is 0 Å². The molecule has 0 aliphatic heterocycles. The van der Waals surface area contributed by atoms with Gasteiger partial charge in [-0.15, -0.1) is 0 Å². The number of carbonyl (C=O) groups excluding carboxylic acids is 1. The summed E-state index contributed by atoms with van der Waals surface area (Å²) in [5.74, 6) is -0.107. The first-order valence-electron chi connectivity index (χ1n) is 6.21. The van der Waals surface area contributed by atoms with Crippen LogP contribution in [0.25, 0.3) is 0 Å². The molecule has 0 saturated heterocycles. The number of likely N-dealkylation sites (N-methyl/N-ethyl adjacent to an activating group) is 1. The van der Waals surface area contributed by atoms with E-state index in [1.165, 1.54) is 12.1 Å². The fourth-order valence-corrected chi connectivity index (χ4v) is 1.79. The molecular formula is C14H21FN2O. The molecule has 0 unspecified atom stereocenters. The van der Waals surface area contributed by atoms with Crippen LogP contribution in [0, 0.1) is 5.82 Å². The smallest absolute Gasteiger partial charge is 0.151 e. The van der Waals surface area contributed by atoms with E-state index < -0.39 is 0 Å². The Morgan fingerprint density at radius 2 is 2.00 bits per heavy atom. The van der Waals surface area contributed by atoms with Gasteiger partial charge in [-0.3, -0.25) is 9.69 Å². The van der Waals surface area contributed by atoms with Crippen LogP contribution >= 0.6 is 0 Å². The Morgan fingerprint density at radius 3 is 2.61 bits per heavy atom. The molecule has 0 amide bonds. The van der Waals surface area contributed by atoms with Crippen molar-refractivity contribution in [1.29, 1.82) is 0 Å². The number of carbonyl (C=O) groups is 1. The number of Topliss-reactive ketones (excluding diaryl/α,β-unsaturated/α-hetero) is 1. The quantitative estimate of drug-likeness (QED) is 0.711. The van der Waals surface area contributed by atoms with Gasteiger partial charge in [-0.25, -0.2) is 4.39 Å². The van der Waals surface area contributed by atoms with E-state index in [0.29, 0.717) is 13.0 Å². The fourth-order valence-electron chi connectivity index (χ4n) is 1.79. The summed E-state index contributed by atoms with van der Waals surface area (Å²) in [5, 5.41) is 3.07. The second-order valence-electron chi connectivity index (χ2n) is 4.54. The van der Waals surface area contributed by atoms with Gasteiger partial charge in [0, 0.05) is 6.42 Å². The third kappa shape index (κ3) is 5.89. The van der Waals surface area contributed by atoms with E-state index in [9.17, 15) is 9.18 Å². The fraction of sp³-hybridized carbons (Fsp3) is 0.500. The first-order chi connectivity index (χ1) is 8.61. The zero-order valence-electron chi connectivity index (χ0n) is 11.1. The summed E-state index contributed by atoms with van der Waals surface area (Å²) in [6.45, 7) is 2.30. The average Bonchev–Trinajstić information content (AvgIpc) is 2.32. The van der Waals surface area contributed by atoms with Gasteiger partial charge < -0.3 is 5.32 Å². The maximum Gasteiger partial charge on any atom is 0.151 e. The molecule has 0 atom stereocenters. The molecule has 0 bridgehead atoms. The van der Waals surface area contributed by atoms with Gasteiger partial charge in [0.05, 0.1) is 6.54 Å². The first kappa shape index (κ1) is 14.8. The number of hydrogen-bond acceptors (Lipinski definition) is 3. The van der Waals surface area contributed by atoms with Gasteiger partial charge in [0.2, 0.25) is 0 Å². The van der Waals surface area contributed by atoms with E-state index in [1.807, 2.05) is 19.0 Å². The zero-order chi connectivity index (χ0) is 13.4. The third-order valence-corrected chi connectivity index (χ3v) is 2.73. The van der Waals surface area contributed by atoms with Crippen molar-refractivity contribution in [1.82, 2.24) is 10.2 Å². The van der Waals surface area contributed by atoms with Crippen molar-refractivity contribution in [3.05, 3.63) is 35.6 Å². The molecule has 0 saturated carbocycles. The minimum atomic E-state index is -0.268. The van der Waals surface area contributed by atoms with Gasteiger partial charge >= 0.3 is 0 Å². The molecule has 0 aliphatic rings. The minimum Gasteiger partial charge on any atom is -0.320 e. The van der Waals surface area contributed by atoms with E-state index in [1.54, 1.807) is 12.1 Å². The molecular weight excluding hydrogens is 231 g/mol. The number of nitrogens with zero attached hydrogens (tertiary/aromatic N) is 1. The Morgan fingerprint density at radius 1 is 1.33 bits per heavy atom. The standard InChI is InChI=1S/C14H21FN2O/c1-16-8-3-9-17(2)11-14(18)10-12-4-6-13(15)7-5-12/h4-7,16H,3,8-11H2,1-2H3. The second-order valence-corrected chi connectivity index (χ2v) is 4.54. The molecule has 0 heterocycles. The topological polar surface area (TPSA) is 32.3 Å².